The summed E-state index contributed by atoms with van der Waals surface area (Å²) in [7, 11) is 0. The van der Waals surface area contributed by atoms with Crippen LogP contribution in [0.15, 0.2) is 0 Å². The molecule has 106 valence electrons. The van der Waals surface area contributed by atoms with E-state index in [4.69, 9.17) is 5.11 Å². The molecule has 0 aliphatic carbocycles. The van der Waals surface area contributed by atoms with Gasteiger partial charge in [0.1, 0.15) is 0 Å². The molecule has 0 unspecified atom stereocenters. The van der Waals surface area contributed by atoms with Gasteiger partial charge in [0, 0.05) is 19.1 Å². The number of hydrogen-bond donors (Lipinski definition) is 1. The number of rotatable bonds is 9. The maximum atomic E-state index is 12.1. The Balaban J connectivity index is 4.49. The lowest BCUT2D eigenvalue weighted by atomic mass is 10.3. The number of carbonyl (C=O) groups excluding carboxylic acids is 1. The van der Waals surface area contributed by atoms with E-state index in [2.05, 4.69) is 0 Å². The fraction of sp³-hybridized carbons (Fsp3) is 0.846. The Morgan fingerprint density at radius 2 is 1.56 bits per heavy atom. The topological polar surface area (TPSA) is 60.9 Å². The number of carboxylic acid groups (broad SMARTS) is 1. The monoisotopic (exact) mass is 258 g/mol. The van der Waals surface area contributed by atoms with Crippen molar-refractivity contribution in [1.29, 1.82) is 0 Å². The van der Waals surface area contributed by atoms with Crippen LogP contribution in [0.5, 0.6) is 0 Å². The summed E-state index contributed by atoms with van der Waals surface area (Å²) in [6.45, 7) is 9.46. The van der Waals surface area contributed by atoms with Crippen molar-refractivity contribution in [2.75, 3.05) is 26.2 Å². The average Bonchev–Trinajstić information content (AvgIpc) is 2.27. The first kappa shape index (κ1) is 16.9. The molecule has 0 bridgehead atoms. The second kappa shape index (κ2) is 8.91. The fourth-order valence-corrected chi connectivity index (χ4v) is 1.77. The molecule has 0 rings (SSSR count). The molecule has 0 radical (unpaired) electrons. The van der Waals surface area contributed by atoms with Gasteiger partial charge in [-0.1, -0.05) is 13.8 Å². The van der Waals surface area contributed by atoms with Crippen molar-refractivity contribution in [3.05, 3.63) is 0 Å². The quantitative estimate of drug-likeness (QED) is 0.679. The van der Waals surface area contributed by atoms with E-state index in [9.17, 15) is 9.59 Å². The molecule has 0 aromatic carbocycles. The summed E-state index contributed by atoms with van der Waals surface area (Å²) in [5.74, 6) is -0.873. The molecule has 0 saturated carbocycles. The second-order valence-corrected chi connectivity index (χ2v) is 4.77. The summed E-state index contributed by atoms with van der Waals surface area (Å²) < 4.78 is 0. The molecule has 0 spiro atoms. The van der Waals surface area contributed by atoms with Crippen molar-refractivity contribution < 1.29 is 14.7 Å². The average molecular weight is 258 g/mol. The summed E-state index contributed by atoms with van der Waals surface area (Å²) in [6.07, 6.45) is 1.85. The molecular weight excluding hydrogens is 232 g/mol. The second-order valence-electron chi connectivity index (χ2n) is 4.77. The van der Waals surface area contributed by atoms with E-state index in [1.807, 2.05) is 32.6 Å². The van der Waals surface area contributed by atoms with Gasteiger partial charge >= 0.3 is 5.97 Å². The molecule has 0 heterocycles. The molecular formula is C13H26N2O3. The number of amides is 1. The van der Waals surface area contributed by atoms with E-state index in [0.717, 1.165) is 25.9 Å². The summed E-state index contributed by atoms with van der Waals surface area (Å²) in [6, 6.07) is 0.0511. The molecule has 0 aliphatic heterocycles. The lowest BCUT2D eigenvalue weighted by molar-refractivity contribution is -0.140. The maximum absolute atomic E-state index is 12.1. The van der Waals surface area contributed by atoms with Gasteiger partial charge in [-0.2, -0.15) is 0 Å². The molecule has 5 heteroatoms. The Morgan fingerprint density at radius 1 is 1.06 bits per heavy atom. The van der Waals surface area contributed by atoms with Crippen LogP contribution in [0.4, 0.5) is 0 Å². The molecule has 0 aromatic heterocycles. The minimum absolute atomic E-state index is 0.0219. The molecule has 0 aliphatic rings. The summed E-state index contributed by atoms with van der Waals surface area (Å²) in [5, 5.41) is 8.82. The molecule has 0 aromatic rings. The van der Waals surface area contributed by atoms with E-state index in [1.165, 1.54) is 0 Å². The molecule has 0 atom stereocenters. The van der Waals surface area contributed by atoms with Gasteiger partial charge in [-0.15, -0.1) is 0 Å². The van der Waals surface area contributed by atoms with Gasteiger partial charge in [0.25, 0.3) is 0 Å². The first-order chi connectivity index (χ1) is 8.42. The van der Waals surface area contributed by atoms with Gasteiger partial charge in [0.2, 0.25) is 5.91 Å². The van der Waals surface area contributed by atoms with Gasteiger partial charge in [0.05, 0.1) is 13.1 Å². The van der Waals surface area contributed by atoms with Crippen LogP contribution in [-0.4, -0.2) is 59.0 Å². The molecule has 1 amide bonds. The standard InChI is InChI=1S/C13H26N2O3/c1-5-7-14(8-6-2)12(16)9-15(11(3)4)10-13(17)18/h11H,5-10H2,1-4H3,(H,17,18). The van der Waals surface area contributed by atoms with Crippen LogP contribution in [0.1, 0.15) is 40.5 Å². The first-order valence-corrected chi connectivity index (χ1v) is 6.65. The van der Waals surface area contributed by atoms with Crippen molar-refractivity contribution in [1.82, 2.24) is 9.80 Å². The first-order valence-electron chi connectivity index (χ1n) is 6.65. The smallest absolute Gasteiger partial charge is 0.317 e. The van der Waals surface area contributed by atoms with Crippen LogP contribution >= 0.6 is 0 Å². The van der Waals surface area contributed by atoms with E-state index >= 15 is 0 Å². The molecule has 1 N–H and O–H groups in total. The Bertz CT molecular complexity index is 261. The van der Waals surface area contributed by atoms with Crippen LogP contribution in [0, 0.1) is 0 Å². The van der Waals surface area contributed by atoms with Gasteiger partial charge < -0.3 is 10.0 Å². The summed E-state index contributed by atoms with van der Waals surface area (Å²) in [4.78, 5) is 26.4. The third kappa shape index (κ3) is 6.59. The van der Waals surface area contributed by atoms with Gasteiger partial charge in [-0.05, 0) is 26.7 Å². The number of carboxylic acids is 1. The highest BCUT2D eigenvalue weighted by Crippen LogP contribution is 2.02. The SMILES string of the molecule is CCCN(CCC)C(=O)CN(CC(=O)O)C(C)C. The molecule has 5 nitrogen and oxygen atoms in total. The third-order valence-corrected chi connectivity index (χ3v) is 2.75. The van der Waals surface area contributed by atoms with E-state index in [0.29, 0.717) is 0 Å². The molecule has 0 fully saturated rings. The fourth-order valence-electron chi connectivity index (χ4n) is 1.77. The van der Waals surface area contributed by atoms with Gasteiger partial charge in [0.15, 0.2) is 0 Å². The van der Waals surface area contributed by atoms with Crippen LogP contribution in [0.2, 0.25) is 0 Å². The predicted octanol–water partition coefficient (Wildman–Crippen LogP) is 1.43. The highest BCUT2D eigenvalue weighted by molar-refractivity contribution is 5.79. The van der Waals surface area contributed by atoms with E-state index < -0.39 is 5.97 Å². The number of nitrogens with zero attached hydrogens (tertiary/aromatic N) is 2. The van der Waals surface area contributed by atoms with Gasteiger partial charge in [-0.3, -0.25) is 14.5 Å². The van der Waals surface area contributed by atoms with Crippen molar-refractivity contribution in [2.45, 2.75) is 46.6 Å². The number of carbonyl (C=O) groups is 2. The predicted molar refractivity (Wildman–Crippen MR) is 71.5 cm³/mol. The largest absolute Gasteiger partial charge is 0.480 e. The zero-order chi connectivity index (χ0) is 14.1. The minimum atomic E-state index is -0.894. The summed E-state index contributed by atoms with van der Waals surface area (Å²) in [5.41, 5.74) is 0. The molecule has 18 heavy (non-hydrogen) atoms. The molecule has 0 saturated heterocycles. The normalized spacial score (nSPS) is 11.0. The zero-order valence-electron chi connectivity index (χ0n) is 12.0. The Labute approximate surface area is 110 Å². The van der Waals surface area contributed by atoms with Crippen LogP contribution in [-0.2, 0) is 9.59 Å². The van der Waals surface area contributed by atoms with Crippen LogP contribution in [0.25, 0.3) is 0 Å². The lowest BCUT2D eigenvalue weighted by Gasteiger charge is -2.28. The Kier molecular flexibility index (Phi) is 8.37. The van der Waals surface area contributed by atoms with Crippen molar-refractivity contribution in [3.8, 4) is 0 Å². The maximum Gasteiger partial charge on any atom is 0.317 e. The minimum Gasteiger partial charge on any atom is -0.480 e. The third-order valence-electron chi connectivity index (χ3n) is 2.75. The van der Waals surface area contributed by atoms with Crippen molar-refractivity contribution >= 4 is 11.9 Å². The van der Waals surface area contributed by atoms with Gasteiger partial charge in [-0.25, -0.2) is 0 Å². The van der Waals surface area contributed by atoms with Crippen LogP contribution < -0.4 is 0 Å². The van der Waals surface area contributed by atoms with Crippen molar-refractivity contribution in [3.63, 3.8) is 0 Å². The Hall–Kier alpha value is -1.10. The summed E-state index contributed by atoms with van der Waals surface area (Å²) >= 11 is 0. The number of aliphatic carboxylic acids is 1. The van der Waals surface area contributed by atoms with Crippen LogP contribution in [0.3, 0.4) is 0 Å². The lowest BCUT2D eigenvalue weighted by Crippen LogP contribution is -2.45. The van der Waals surface area contributed by atoms with E-state index in [1.54, 1.807) is 4.90 Å². The van der Waals surface area contributed by atoms with Crippen molar-refractivity contribution in [2.24, 2.45) is 0 Å². The highest BCUT2D eigenvalue weighted by Gasteiger charge is 2.20. The Morgan fingerprint density at radius 3 is 1.89 bits per heavy atom. The number of hydrogen-bond acceptors (Lipinski definition) is 3. The highest BCUT2D eigenvalue weighted by atomic mass is 16.4. The zero-order valence-corrected chi connectivity index (χ0v) is 12.0. The van der Waals surface area contributed by atoms with E-state index in [-0.39, 0.29) is 25.0 Å².